The molecule has 7 nitrogen and oxygen atoms in total. The van der Waals surface area contributed by atoms with Crippen molar-refractivity contribution < 1.29 is 17.9 Å². The Morgan fingerprint density at radius 1 is 1.14 bits per heavy atom. The number of methoxy groups -OCH3 is 1. The molecule has 1 aliphatic rings. The highest BCUT2D eigenvalue weighted by molar-refractivity contribution is 7.89. The quantitative estimate of drug-likeness (QED) is 0.713. The minimum Gasteiger partial charge on any atom is -0.496 e. The summed E-state index contributed by atoms with van der Waals surface area (Å²) in [6, 6.07) is 14.1. The fourth-order valence-corrected chi connectivity index (χ4v) is 4.40. The van der Waals surface area contributed by atoms with Crippen molar-refractivity contribution in [3.63, 3.8) is 0 Å². The number of nitrogens with one attached hydrogen (secondary N) is 1. The minimum atomic E-state index is -3.75. The first-order chi connectivity index (χ1) is 13.9. The second-order valence-corrected chi connectivity index (χ2v) is 8.78. The molecule has 3 rings (SSSR count). The summed E-state index contributed by atoms with van der Waals surface area (Å²) in [7, 11) is -0.365. The van der Waals surface area contributed by atoms with Gasteiger partial charge in [0.2, 0.25) is 10.0 Å². The smallest absolute Gasteiger partial charge is 0.257 e. The van der Waals surface area contributed by atoms with Crippen LogP contribution in [0.25, 0.3) is 0 Å². The topological polar surface area (TPSA) is 79.0 Å². The summed E-state index contributed by atoms with van der Waals surface area (Å²) in [5.41, 5.74) is 1.29. The number of nitrogens with zero attached hydrogens (tertiary/aromatic N) is 2. The average Bonchev–Trinajstić information content (AvgIpc) is 3.28. The van der Waals surface area contributed by atoms with Crippen LogP contribution in [-0.2, 0) is 10.0 Å². The molecule has 8 heteroatoms. The van der Waals surface area contributed by atoms with Crippen LogP contribution in [0.15, 0.2) is 53.4 Å². The van der Waals surface area contributed by atoms with E-state index in [1.165, 1.54) is 25.3 Å². The van der Waals surface area contributed by atoms with Crippen LogP contribution in [0.5, 0.6) is 5.75 Å². The molecule has 1 N–H and O–H groups in total. The molecule has 0 unspecified atom stereocenters. The third-order valence-electron chi connectivity index (χ3n) is 5.04. The number of likely N-dealkylation sites (N-methyl/N-ethyl adjacent to an activating group) is 1. The van der Waals surface area contributed by atoms with Crippen molar-refractivity contribution in [1.29, 1.82) is 0 Å². The summed E-state index contributed by atoms with van der Waals surface area (Å²) in [6.45, 7) is 2.13. The Hall–Kier alpha value is -2.58. The van der Waals surface area contributed by atoms with E-state index in [1.807, 2.05) is 42.3 Å². The molecular formula is C21H27N3O4S. The third kappa shape index (κ3) is 5.07. The van der Waals surface area contributed by atoms with Gasteiger partial charge in [-0.15, -0.1) is 0 Å². The maximum Gasteiger partial charge on any atom is 0.257 e. The van der Waals surface area contributed by atoms with Gasteiger partial charge in [0.25, 0.3) is 5.91 Å². The van der Waals surface area contributed by atoms with E-state index >= 15 is 0 Å². The van der Waals surface area contributed by atoms with Crippen LogP contribution in [0.3, 0.4) is 0 Å². The molecule has 0 atom stereocenters. The molecule has 2 aromatic rings. The largest absolute Gasteiger partial charge is 0.496 e. The van der Waals surface area contributed by atoms with Crippen molar-refractivity contribution in [3.8, 4) is 5.75 Å². The number of amides is 1. The highest BCUT2D eigenvalue weighted by Gasteiger charge is 2.25. The summed E-state index contributed by atoms with van der Waals surface area (Å²) in [6.07, 6.45) is 1.92. The molecular weight excluding hydrogens is 390 g/mol. The maximum atomic E-state index is 12.8. The number of benzene rings is 2. The fraction of sp³-hybridized carbons (Fsp3) is 0.381. The second-order valence-electron chi connectivity index (χ2n) is 7.02. The number of hydrogen-bond donors (Lipinski definition) is 1. The van der Waals surface area contributed by atoms with Crippen molar-refractivity contribution in [3.05, 3.63) is 54.1 Å². The monoisotopic (exact) mass is 417 g/mol. The first-order valence-electron chi connectivity index (χ1n) is 9.65. The fourth-order valence-electron chi connectivity index (χ4n) is 3.35. The average molecular weight is 418 g/mol. The Kier molecular flexibility index (Phi) is 6.76. The number of likely N-dealkylation sites (tertiary alicyclic amines) is 1. The van der Waals surface area contributed by atoms with Gasteiger partial charge in [0.1, 0.15) is 5.75 Å². The van der Waals surface area contributed by atoms with Gasteiger partial charge >= 0.3 is 0 Å². The van der Waals surface area contributed by atoms with Gasteiger partial charge in [-0.25, -0.2) is 13.1 Å². The van der Waals surface area contributed by atoms with E-state index in [2.05, 4.69) is 4.72 Å². The van der Waals surface area contributed by atoms with Crippen molar-refractivity contribution >= 4 is 21.6 Å². The van der Waals surface area contributed by atoms with Crippen LogP contribution < -0.4 is 14.4 Å². The molecule has 1 saturated heterocycles. The summed E-state index contributed by atoms with van der Waals surface area (Å²) in [5.74, 6) is 0.185. The van der Waals surface area contributed by atoms with Crippen LogP contribution >= 0.6 is 0 Å². The summed E-state index contributed by atoms with van der Waals surface area (Å²) >= 11 is 0. The first-order valence-corrected chi connectivity index (χ1v) is 11.1. The van der Waals surface area contributed by atoms with Gasteiger partial charge in [0.15, 0.2) is 0 Å². The number of anilines is 1. The van der Waals surface area contributed by atoms with E-state index in [0.717, 1.165) is 18.5 Å². The Labute approximate surface area is 172 Å². The second kappa shape index (κ2) is 9.28. The lowest BCUT2D eigenvalue weighted by atomic mass is 10.1. The van der Waals surface area contributed by atoms with Crippen molar-refractivity contribution in [1.82, 2.24) is 9.62 Å². The van der Waals surface area contributed by atoms with Crippen molar-refractivity contribution in [2.45, 2.75) is 17.7 Å². The van der Waals surface area contributed by atoms with Crippen molar-refractivity contribution in [2.24, 2.45) is 0 Å². The van der Waals surface area contributed by atoms with Crippen LogP contribution in [0.1, 0.15) is 23.2 Å². The molecule has 0 radical (unpaired) electrons. The number of carbonyl (C=O) groups excluding carboxylic acids is 1. The molecule has 1 aliphatic heterocycles. The van der Waals surface area contributed by atoms with Gasteiger partial charge in [-0.3, -0.25) is 4.79 Å². The Morgan fingerprint density at radius 3 is 2.48 bits per heavy atom. The Bertz CT molecular complexity index is 942. The van der Waals surface area contributed by atoms with Crippen molar-refractivity contribution in [2.75, 3.05) is 45.2 Å². The highest BCUT2D eigenvalue weighted by Crippen LogP contribution is 2.25. The summed E-state index contributed by atoms with van der Waals surface area (Å²) < 4.78 is 33.4. The lowest BCUT2D eigenvalue weighted by Crippen LogP contribution is -2.33. The van der Waals surface area contributed by atoms with Gasteiger partial charge in [-0.1, -0.05) is 18.2 Å². The van der Waals surface area contributed by atoms with Crippen LogP contribution in [0.2, 0.25) is 0 Å². The highest BCUT2D eigenvalue weighted by atomic mass is 32.2. The molecule has 156 valence electrons. The number of ether oxygens (including phenoxy) is 1. The molecule has 0 spiro atoms. The predicted octanol–water partition coefficient (Wildman–Crippen LogP) is 2.35. The predicted molar refractivity (Wildman–Crippen MR) is 113 cm³/mol. The zero-order valence-corrected chi connectivity index (χ0v) is 17.6. The summed E-state index contributed by atoms with van der Waals surface area (Å²) in [5, 5.41) is 0. The van der Waals surface area contributed by atoms with E-state index in [-0.39, 0.29) is 22.9 Å². The van der Waals surface area contributed by atoms with E-state index in [1.54, 1.807) is 4.90 Å². The molecule has 0 saturated carbocycles. The molecule has 1 amide bonds. The van der Waals surface area contributed by atoms with Gasteiger partial charge < -0.3 is 14.5 Å². The number of carbonyl (C=O) groups is 1. The molecule has 1 fully saturated rings. The number of hydrogen-bond acceptors (Lipinski definition) is 5. The van der Waals surface area contributed by atoms with E-state index in [9.17, 15) is 13.2 Å². The van der Waals surface area contributed by atoms with Gasteiger partial charge in [0, 0.05) is 38.9 Å². The normalized spacial score (nSPS) is 14.1. The molecule has 29 heavy (non-hydrogen) atoms. The number of sulfonamides is 1. The van der Waals surface area contributed by atoms with Crippen LogP contribution in [0, 0.1) is 0 Å². The molecule has 0 bridgehead atoms. The molecule has 0 aromatic heterocycles. The standard InChI is InChI=1S/C21H27N3O4S/c1-23(17-8-4-3-5-9-17)15-12-22-29(26,27)18-10-11-20(28-2)19(16-18)21(25)24-13-6-7-14-24/h3-5,8-11,16,22H,6-7,12-15H2,1-2H3. The van der Waals surface area contributed by atoms with E-state index in [0.29, 0.717) is 25.4 Å². The zero-order valence-electron chi connectivity index (χ0n) is 16.8. The minimum absolute atomic E-state index is 0.0585. The summed E-state index contributed by atoms with van der Waals surface area (Å²) in [4.78, 5) is 16.6. The Balaban J connectivity index is 1.71. The molecule has 0 aliphatic carbocycles. The first kappa shape index (κ1) is 21.1. The van der Waals surface area contributed by atoms with Gasteiger partial charge in [0.05, 0.1) is 17.6 Å². The lowest BCUT2D eigenvalue weighted by molar-refractivity contribution is 0.0789. The molecule has 2 aromatic carbocycles. The Morgan fingerprint density at radius 2 is 1.83 bits per heavy atom. The number of rotatable bonds is 8. The lowest BCUT2D eigenvalue weighted by Gasteiger charge is -2.20. The van der Waals surface area contributed by atoms with Crippen LogP contribution in [-0.4, -0.2) is 59.6 Å². The SMILES string of the molecule is COc1ccc(S(=O)(=O)NCCN(C)c2ccccc2)cc1C(=O)N1CCCC1. The zero-order chi connectivity index (χ0) is 20.9. The molecule has 1 heterocycles. The van der Waals surface area contributed by atoms with Gasteiger partial charge in [-0.2, -0.15) is 0 Å². The van der Waals surface area contributed by atoms with E-state index in [4.69, 9.17) is 4.74 Å². The van der Waals surface area contributed by atoms with E-state index < -0.39 is 10.0 Å². The third-order valence-corrected chi connectivity index (χ3v) is 6.50. The van der Waals surface area contributed by atoms with Gasteiger partial charge in [-0.05, 0) is 43.2 Å². The van der Waals surface area contributed by atoms with Crippen LogP contribution in [0.4, 0.5) is 5.69 Å². The maximum absolute atomic E-state index is 12.8. The number of para-hydroxylation sites is 1.